The van der Waals surface area contributed by atoms with Gasteiger partial charge in [-0.1, -0.05) is 78.9 Å². The van der Waals surface area contributed by atoms with Gasteiger partial charge in [-0.25, -0.2) is 8.78 Å². The van der Waals surface area contributed by atoms with Crippen molar-refractivity contribution in [2.45, 2.75) is 6.92 Å². The topological polar surface area (TPSA) is 12.0 Å². The normalized spacial score (nSPS) is 10.9. The third-order valence-corrected chi connectivity index (χ3v) is 7.17. The van der Waals surface area contributed by atoms with E-state index in [1.54, 1.807) is 0 Å². The standard InChI is InChI=1S/C25H20F2NP/c1-18-10-8-9-15-23(18)28-25-22(27)16-19(26)17-24(25)29(20-11-4-2-5-12-20)21-13-6-3-7-14-21/h2-17,28H,1H3. The van der Waals surface area contributed by atoms with Crippen LogP contribution in [-0.4, -0.2) is 0 Å². The molecule has 4 aromatic rings. The molecule has 0 unspecified atom stereocenters. The van der Waals surface area contributed by atoms with Gasteiger partial charge < -0.3 is 5.32 Å². The van der Waals surface area contributed by atoms with Crippen molar-refractivity contribution in [3.8, 4) is 0 Å². The molecular formula is C25H20F2NP. The summed E-state index contributed by atoms with van der Waals surface area (Å²) in [5.74, 6) is -1.17. The summed E-state index contributed by atoms with van der Waals surface area (Å²) >= 11 is 0. The number of benzene rings is 4. The Bertz CT molecular complexity index is 1070. The summed E-state index contributed by atoms with van der Waals surface area (Å²) in [5.41, 5.74) is 2.11. The van der Waals surface area contributed by atoms with Crippen molar-refractivity contribution in [1.29, 1.82) is 0 Å². The third kappa shape index (κ3) is 4.21. The van der Waals surface area contributed by atoms with Crippen LogP contribution in [0.2, 0.25) is 0 Å². The van der Waals surface area contributed by atoms with E-state index in [2.05, 4.69) is 5.32 Å². The summed E-state index contributed by atoms with van der Waals surface area (Å²) in [6, 6.07) is 29.8. The molecule has 0 saturated carbocycles. The molecule has 0 radical (unpaired) electrons. The molecule has 0 aliphatic rings. The van der Waals surface area contributed by atoms with Crippen molar-refractivity contribution in [2.24, 2.45) is 0 Å². The van der Waals surface area contributed by atoms with Crippen LogP contribution in [-0.2, 0) is 0 Å². The van der Waals surface area contributed by atoms with Crippen LogP contribution in [0.15, 0.2) is 97.1 Å². The van der Waals surface area contributed by atoms with E-state index in [-0.39, 0.29) is 0 Å². The van der Waals surface area contributed by atoms with Gasteiger partial charge in [0, 0.05) is 17.1 Å². The fourth-order valence-electron chi connectivity index (χ4n) is 3.29. The van der Waals surface area contributed by atoms with Crippen LogP contribution in [0.4, 0.5) is 20.2 Å². The lowest BCUT2D eigenvalue weighted by Gasteiger charge is -2.23. The molecule has 4 aromatic carbocycles. The Morgan fingerprint density at radius 1 is 0.690 bits per heavy atom. The van der Waals surface area contributed by atoms with Crippen LogP contribution in [0.5, 0.6) is 0 Å². The first-order valence-electron chi connectivity index (χ1n) is 9.35. The predicted octanol–water partition coefficient (Wildman–Crippen LogP) is 5.78. The molecule has 29 heavy (non-hydrogen) atoms. The van der Waals surface area contributed by atoms with Gasteiger partial charge in [-0.05, 0) is 43.2 Å². The van der Waals surface area contributed by atoms with Crippen LogP contribution in [0.25, 0.3) is 0 Å². The third-order valence-electron chi connectivity index (χ3n) is 4.71. The molecule has 0 aliphatic carbocycles. The van der Waals surface area contributed by atoms with E-state index >= 15 is 4.39 Å². The first-order chi connectivity index (χ1) is 14.1. The van der Waals surface area contributed by atoms with Gasteiger partial charge in [0.2, 0.25) is 0 Å². The average Bonchev–Trinajstić information content (AvgIpc) is 2.73. The van der Waals surface area contributed by atoms with Gasteiger partial charge in [0.05, 0.1) is 5.69 Å². The molecule has 1 N–H and O–H groups in total. The van der Waals surface area contributed by atoms with Crippen molar-refractivity contribution in [3.63, 3.8) is 0 Å². The van der Waals surface area contributed by atoms with Crippen LogP contribution in [0, 0.1) is 18.6 Å². The maximum Gasteiger partial charge on any atom is 0.150 e. The van der Waals surface area contributed by atoms with Gasteiger partial charge in [-0.15, -0.1) is 0 Å². The van der Waals surface area contributed by atoms with Crippen molar-refractivity contribution >= 4 is 35.2 Å². The number of para-hydroxylation sites is 1. The molecule has 0 aliphatic heterocycles. The molecule has 0 atom stereocenters. The number of nitrogens with one attached hydrogen (secondary N) is 1. The number of aryl methyl sites for hydroxylation is 1. The van der Waals surface area contributed by atoms with Crippen LogP contribution < -0.4 is 21.2 Å². The van der Waals surface area contributed by atoms with E-state index in [1.807, 2.05) is 91.9 Å². The number of halogens is 2. The van der Waals surface area contributed by atoms with Gasteiger partial charge in [0.1, 0.15) is 11.6 Å². The Morgan fingerprint density at radius 3 is 1.83 bits per heavy atom. The molecular weight excluding hydrogens is 383 g/mol. The summed E-state index contributed by atoms with van der Waals surface area (Å²) in [7, 11) is -1.15. The Morgan fingerprint density at radius 2 is 1.24 bits per heavy atom. The summed E-state index contributed by atoms with van der Waals surface area (Å²) < 4.78 is 29.4. The Kier molecular flexibility index (Phi) is 5.69. The van der Waals surface area contributed by atoms with E-state index < -0.39 is 19.6 Å². The predicted molar refractivity (Wildman–Crippen MR) is 120 cm³/mol. The highest BCUT2D eigenvalue weighted by Gasteiger charge is 2.23. The lowest BCUT2D eigenvalue weighted by Crippen LogP contribution is -2.24. The van der Waals surface area contributed by atoms with Gasteiger partial charge in [-0.2, -0.15) is 0 Å². The summed E-state index contributed by atoms with van der Waals surface area (Å²) in [6.45, 7) is 1.96. The van der Waals surface area contributed by atoms with Gasteiger partial charge in [-0.3, -0.25) is 0 Å². The van der Waals surface area contributed by atoms with E-state index in [0.717, 1.165) is 27.9 Å². The quantitative estimate of drug-likeness (QED) is 0.417. The molecule has 1 nitrogen and oxygen atoms in total. The molecule has 0 fully saturated rings. The van der Waals surface area contributed by atoms with E-state index in [4.69, 9.17) is 0 Å². The van der Waals surface area contributed by atoms with Crippen molar-refractivity contribution < 1.29 is 8.78 Å². The number of hydrogen-bond donors (Lipinski definition) is 1. The van der Waals surface area contributed by atoms with Crippen LogP contribution in [0.1, 0.15) is 5.56 Å². The maximum atomic E-state index is 15.0. The first kappa shape index (κ1) is 19.3. The lowest BCUT2D eigenvalue weighted by atomic mass is 10.2. The maximum absolute atomic E-state index is 15.0. The molecule has 0 aromatic heterocycles. The molecule has 0 spiro atoms. The van der Waals surface area contributed by atoms with Gasteiger partial charge >= 0.3 is 0 Å². The van der Waals surface area contributed by atoms with Crippen LogP contribution >= 0.6 is 7.92 Å². The zero-order valence-electron chi connectivity index (χ0n) is 15.9. The Labute approximate surface area is 170 Å². The Balaban J connectivity index is 1.92. The fraction of sp³-hybridized carbons (Fsp3) is 0.0400. The molecule has 144 valence electrons. The summed E-state index contributed by atoms with van der Waals surface area (Å²) in [6.07, 6.45) is 0. The molecule has 0 saturated heterocycles. The second-order valence-electron chi connectivity index (χ2n) is 6.73. The molecule has 0 bridgehead atoms. The molecule has 0 heterocycles. The minimum atomic E-state index is -1.15. The number of anilines is 2. The highest BCUT2D eigenvalue weighted by molar-refractivity contribution is 7.80. The Hall–Kier alpha value is -3.03. The second kappa shape index (κ2) is 8.55. The number of hydrogen-bond acceptors (Lipinski definition) is 1. The van der Waals surface area contributed by atoms with E-state index in [9.17, 15) is 4.39 Å². The minimum Gasteiger partial charge on any atom is -0.352 e. The molecule has 0 amide bonds. The van der Waals surface area contributed by atoms with Crippen molar-refractivity contribution in [3.05, 3.63) is 114 Å². The minimum absolute atomic E-state index is 0.319. The van der Waals surface area contributed by atoms with Gasteiger partial charge in [0.15, 0.2) is 0 Å². The zero-order valence-corrected chi connectivity index (χ0v) is 16.8. The second-order valence-corrected chi connectivity index (χ2v) is 8.91. The SMILES string of the molecule is Cc1ccccc1Nc1c(F)cc(F)cc1P(c1ccccc1)c1ccccc1. The van der Waals surface area contributed by atoms with Crippen LogP contribution in [0.3, 0.4) is 0 Å². The lowest BCUT2D eigenvalue weighted by molar-refractivity contribution is 0.588. The smallest absolute Gasteiger partial charge is 0.150 e. The first-order valence-corrected chi connectivity index (χ1v) is 10.7. The molecule has 4 rings (SSSR count). The summed E-state index contributed by atoms with van der Waals surface area (Å²) in [4.78, 5) is 0. The largest absolute Gasteiger partial charge is 0.352 e. The van der Waals surface area contributed by atoms with E-state index in [1.165, 1.54) is 6.07 Å². The van der Waals surface area contributed by atoms with E-state index in [0.29, 0.717) is 11.0 Å². The highest BCUT2D eigenvalue weighted by atomic mass is 31.1. The van der Waals surface area contributed by atoms with Crippen molar-refractivity contribution in [1.82, 2.24) is 0 Å². The zero-order chi connectivity index (χ0) is 20.2. The summed E-state index contributed by atoms with van der Waals surface area (Å²) in [5, 5.41) is 5.92. The average molecular weight is 403 g/mol. The highest BCUT2D eigenvalue weighted by Crippen LogP contribution is 2.38. The van der Waals surface area contributed by atoms with Gasteiger partial charge in [0.25, 0.3) is 0 Å². The van der Waals surface area contributed by atoms with Crippen molar-refractivity contribution in [2.75, 3.05) is 5.32 Å². The molecule has 4 heteroatoms. The monoisotopic (exact) mass is 403 g/mol. The fourth-order valence-corrected chi connectivity index (χ4v) is 5.72. The number of rotatable bonds is 5.